The Labute approximate surface area is 162 Å². The summed E-state index contributed by atoms with van der Waals surface area (Å²) in [5.74, 6) is -0.214. The first-order valence-corrected chi connectivity index (χ1v) is 9.20. The molecule has 7 heteroatoms. The smallest absolute Gasteiger partial charge is 0.306 e. The van der Waals surface area contributed by atoms with Gasteiger partial charge >= 0.3 is 5.97 Å². The summed E-state index contributed by atoms with van der Waals surface area (Å²) in [5.41, 5.74) is 3.25. The lowest BCUT2D eigenvalue weighted by molar-refractivity contribution is -0.141. The number of hydrogen-bond acceptors (Lipinski definition) is 4. The number of carboxylic acid groups (broad SMARTS) is 1. The minimum Gasteiger partial charge on any atom is -0.481 e. The van der Waals surface area contributed by atoms with Crippen LogP contribution in [0.4, 0.5) is 0 Å². The van der Waals surface area contributed by atoms with Crippen molar-refractivity contribution in [2.24, 2.45) is 0 Å². The number of carbonyl (C=O) groups is 2. The summed E-state index contributed by atoms with van der Waals surface area (Å²) in [6.07, 6.45) is -0.581. The Kier molecular flexibility index (Phi) is 4.83. The molecule has 0 saturated carbocycles. The second-order valence-corrected chi connectivity index (χ2v) is 6.88. The zero-order valence-corrected chi connectivity index (χ0v) is 15.5. The van der Waals surface area contributed by atoms with Crippen molar-refractivity contribution in [2.75, 3.05) is 19.7 Å². The largest absolute Gasteiger partial charge is 0.481 e. The maximum Gasteiger partial charge on any atom is 0.306 e. The molecule has 7 nitrogen and oxygen atoms in total. The van der Waals surface area contributed by atoms with Gasteiger partial charge in [-0.05, 0) is 37.3 Å². The molecule has 2 heterocycles. The van der Waals surface area contributed by atoms with Crippen LogP contribution in [0.5, 0.6) is 0 Å². The molecule has 4 rings (SSSR count). The summed E-state index contributed by atoms with van der Waals surface area (Å²) >= 11 is 0. The molecule has 0 bridgehead atoms. The van der Waals surface area contributed by atoms with Crippen LogP contribution in [0.2, 0.25) is 0 Å². The van der Waals surface area contributed by atoms with Crippen LogP contribution in [0.15, 0.2) is 48.5 Å². The maximum atomic E-state index is 12.9. The summed E-state index contributed by atoms with van der Waals surface area (Å²) in [6.45, 7) is 3.01. The number of ether oxygens (including phenoxy) is 1. The van der Waals surface area contributed by atoms with Crippen LogP contribution < -0.4 is 0 Å². The number of amides is 1. The molecule has 1 aliphatic rings. The Hall–Kier alpha value is -3.19. The quantitative estimate of drug-likeness (QED) is 0.753. The molecule has 2 aromatic carbocycles. The first-order chi connectivity index (χ1) is 13.5. The normalized spacial score (nSPS) is 17.0. The number of carboxylic acids is 1. The van der Waals surface area contributed by atoms with Gasteiger partial charge in [-0.1, -0.05) is 18.2 Å². The van der Waals surface area contributed by atoms with Crippen molar-refractivity contribution >= 4 is 22.9 Å². The third kappa shape index (κ3) is 3.48. The van der Waals surface area contributed by atoms with E-state index in [2.05, 4.69) is 9.55 Å². The van der Waals surface area contributed by atoms with Crippen molar-refractivity contribution in [2.45, 2.75) is 19.4 Å². The van der Waals surface area contributed by atoms with E-state index >= 15 is 0 Å². The molecule has 0 aliphatic carbocycles. The van der Waals surface area contributed by atoms with Crippen molar-refractivity contribution in [3.05, 3.63) is 59.9 Å². The monoisotopic (exact) mass is 379 g/mol. The number of benzene rings is 2. The summed E-state index contributed by atoms with van der Waals surface area (Å²) in [7, 11) is 0. The molecule has 144 valence electrons. The number of aromatic nitrogens is 2. The molecule has 1 aliphatic heterocycles. The fourth-order valence-electron chi connectivity index (χ4n) is 3.64. The Bertz CT molecular complexity index is 1030. The fraction of sp³-hybridized carbons (Fsp3) is 0.286. The maximum absolute atomic E-state index is 12.9. The van der Waals surface area contributed by atoms with Gasteiger partial charge in [-0.2, -0.15) is 0 Å². The summed E-state index contributed by atoms with van der Waals surface area (Å²) < 4.78 is 7.51. The number of aliphatic carboxylic acids is 1. The summed E-state index contributed by atoms with van der Waals surface area (Å²) in [5, 5.41) is 8.95. The molecule has 1 saturated heterocycles. The van der Waals surface area contributed by atoms with Crippen molar-refractivity contribution in [3.63, 3.8) is 0 Å². The van der Waals surface area contributed by atoms with Gasteiger partial charge in [0.05, 0.1) is 30.2 Å². The van der Waals surface area contributed by atoms with Gasteiger partial charge in [-0.3, -0.25) is 14.2 Å². The average Bonchev–Trinajstić information content (AvgIpc) is 3.02. The summed E-state index contributed by atoms with van der Waals surface area (Å²) in [4.78, 5) is 30.1. The zero-order valence-electron chi connectivity index (χ0n) is 15.5. The van der Waals surface area contributed by atoms with Crippen molar-refractivity contribution in [3.8, 4) is 5.69 Å². The molecule has 1 unspecified atom stereocenters. The Balaban J connectivity index is 1.61. The molecule has 1 N–H and O–H groups in total. The van der Waals surface area contributed by atoms with E-state index in [9.17, 15) is 9.59 Å². The molecule has 1 amide bonds. The standard InChI is InChI=1S/C21H21N3O4/c1-14-22-18-11-15(7-8-19(18)24(14)16-5-3-2-4-6-16)21(27)23-9-10-28-17(13-23)12-20(25)26/h2-8,11,17H,9-10,12-13H2,1H3,(H,25,26). The number of fused-ring (bicyclic) bond motifs is 1. The lowest BCUT2D eigenvalue weighted by atomic mass is 10.1. The van der Waals surface area contributed by atoms with E-state index in [0.29, 0.717) is 18.7 Å². The predicted molar refractivity (Wildman–Crippen MR) is 104 cm³/mol. The van der Waals surface area contributed by atoms with E-state index < -0.39 is 12.1 Å². The van der Waals surface area contributed by atoms with Crippen molar-refractivity contribution in [1.29, 1.82) is 0 Å². The molecule has 28 heavy (non-hydrogen) atoms. The lowest BCUT2D eigenvalue weighted by Crippen LogP contribution is -2.46. The first-order valence-electron chi connectivity index (χ1n) is 9.20. The lowest BCUT2D eigenvalue weighted by Gasteiger charge is -2.32. The van der Waals surface area contributed by atoms with E-state index in [4.69, 9.17) is 9.84 Å². The fourth-order valence-corrected chi connectivity index (χ4v) is 3.64. The topological polar surface area (TPSA) is 84.7 Å². The van der Waals surface area contributed by atoms with Crippen molar-refractivity contribution < 1.29 is 19.4 Å². The number of rotatable bonds is 4. The number of aryl methyl sites for hydroxylation is 1. The third-order valence-electron chi connectivity index (χ3n) is 4.91. The number of hydrogen-bond donors (Lipinski definition) is 1. The van der Waals surface area contributed by atoms with Gasteiger partial charge in [-0.15, -0.1) is 0 Å². The van der Waals surface area contributed by atoms with Crippen LogP contribution in [0.25, 0.3) is 16.7 Å². The average molecular weight is 379 g/mol. The van der Waals surface area contributed by atoms with Crippen LogP contribution in [0, 0.1) is 6.92 Å². The molecule has 1 fully saturated rings. The molecular weight excluding hydrogens is 358 g/mol. The van der Waals surface area contributed by atoms with E-state index in [1.54, 1.807) is 17.0 Å². The van der Waals surface area contributed by atoms with Crippen LogP contribution in [0.3, 0.4) is 0 Å². The Morgan fingerprint density at radius 1 is 1.21 bits per heavy atom. The SMILES string of the molecule is Cc1nc2cc(C(=O)N3CCOC(CC(=O)O)C3)ccc2n1-c1ccccc1. The van der Waals surface area contributed by atoms with E-state index in [1.807, 2.05) is 43.3 Å². The van der Waals surface area contributed by atoms with E-state index in [0.717, 1.165) is 22.5 Å². The molecular formula is C21H21N3O4. The van der Waals surface area contributed by atoms with Crippen LogP contribution in [-0.4, -0.2) is 57.2 Å². The van der Waals surface area contributed by atoms with Crippen molar-refractivity contribution in [1.82, 2.24) is 14.5 Å². The molecule has 1 atom stereocenters. The number of carbonyl (C=O) groups excluding carboxylic acids is 1. The predicted octanol–water partition coefficient (Wildman–Crippen LogP) is 2.65. The highest BCUT2D eigenvalue weighted by atomic mass is 16.5. The molecule has 0 spiro atoms. The molecule has 0 radical (unpaired) electrons. The first kappa shape index (κ1) is 18.2. The van der Waals surface area contributed by atoms with Gasteiger partial charge in [0.2, 0.25) is 0 Å². The van der Waals surface area contributed by atoms with Crippen LogP contribution in [-0.2, 0) is 9.53 Å². The van der Waals surface area contributed by atoms with Gasteiger partial charge in [0.1, 0.15) is 5.82 Å². The Morgan fingerprint density at radius 2 is 2.00 bits per heavy atom. The van der Waals surface area contributed by atoms with Gasteiger partial charge in [0, 0.05) is 24.3 Å². The van der Waals surface area contributed by atoms with Gasteiger partial charge in [0.15, 0.2) is 0 Å². The minimum atomic E-state index is -0.928. The van der Waals surface area contributed by atoms with Crippen LogP contribution in [0.1, 0.15) is 22.6 Å². The number of para-hydroxylation sites is 1. The highest BCUT2D eigenvalue weighted by molar-refractivity contribution is 5.97. The van der Waals surface area contributed by atoms with Crippen LogP contribution >= 0.6 is 0 Å². The zero-order chi connectivity index (χ0) is 19.7. The highest BCUT2D eigenvalue weighted by Crippen LogP contribution is 2.23. The highest BCUT2D eigenvalue weighted by Gasteiger charge is 2.27. The number of imidazole rings is 1. The second-order valence-electron chi connectivity index (χ2n) is 6.88. The number of nitrogens with zero attached hydrogens (tertiary/aromatic N) is 3. The minimum absolute atomic E-state index is 0.108. The number of morpholine rings is 1. The third-order valence-corrected chi connectivity index (χ3v) is 4.91. The Morgan fingerprint density at radius 3 is 2.75 bits per heavy atom. The van der Waals surface area contributed by atoms with Gasteiger partial charge in [-0.25, -0.2) is 4.98 Å². The second kappa shape index (κ2) is 7.44. The summed E-state index contributed by atoms with van der Waals surface area (Å²) in [6, 6.07) is 15.5. The molecule has 1 aromatic heterocycles. The van der Waals surface area contributed by atoms with E-state index in [1.165, 1.54) is 0 Å². The molecule has 3 aromatic rings. The van der Waals surface area contributed by atoms with Gasteiger partial charge < -0.3 is 14.7 Å². The van der Waals surface area contributed by atoms with E-state index in [-0.39, 0.29) is 18.9 Å². The van der Waals surface area contributed by atoms with Gasteiger partial charge in [0.25, 0.3) is 5.91 Å².